The molecule has 86 valence electrons. The Morgan fingerprint density at radius 3 is 2.75 bits per heavy atom. The van der Waals surface area contributed by atoms with E-state index >= 15 is 0 Å². The summed E-state index contributed by atoms with van der Waals surface area (Å²) in [5.41, 5.74) is 3.84. The fourth-order valence-corrected chi connectivity index (χ4v) is 3.65. The van der Waals surface area contributed by atoms with Gasteiger partial charge >= 0.3 is 0 Å². The minimum atomic E-state index is -0.0416. The number of aromatic nitrogens is 2. The van der Waals surface area contributed by atoms with E-state index in [2.05, 4.69) is 42.4 Å². The number of nitrogens with zero attached hydrogens (tertiary/aromatic N) is 2. The molecule has 1 unspecified atom stereocenters. The van der Waals surface area contributed by atoms with Gasteiger partial charge in [0.25, 0.3) is 0 Å². The number of nitrogens with two attached hydrogens (primary N) is 1. The van der Waals surface area contributed by atoms with Crippen molar-refractivity contribution in [2.24, 2.45) is 12.9 Å². The van der Waals surface area contributed by atoms with E-state index in [-0.39, 0.29) is 6.04 Å². The van der Waals surface area contributed by atoms with Crippen molar-refractivity contribution in [3.63, 3.8) is 0 Å². The van der Waals surface area contributed by atoms with Crippen molar-refractivity contribution in [2.45, 2.75) is 6.04 Å². The number of hydrazine groups is 1. The van der Waals surface area contributed by atoms with Crippen LogP contribution >= 0.6 is 43.2 Å². The van der Waals surface area contributed by atoms with Crippen LogP contribution in [0.3, 0.4) is 0 Å². The van der Waals surface area contributed by atoms with Crippen LogP contribution in [0.15, 0.2) is 26.6 Å². The Morgan fingerprint density at radius 1 is 1.56 bits per heavy atom. The molecule has 16 heavy (non-hydrogen) atoms. The van der Waals surface area contributed by atoms with Crippen LogP contribution in [0.25, 0.3) is 0 Å². The molecular formula is C9H10Br2N4S. The summed E-state index contributed by atoms with van der Waals surface area (Å²) in [6.45, 7) is 0. The van der Waals surface area contributed by atoms with Crippen LogP contribution in [0.5, 0.6) is 0 Å². The van der Waals surface area contributed by atoms with Gasteiger partial charge < -0.3 is 0 Å². The van der Waals surface area contributed by atoms with Crippen LogP contribution in [0.4, 0.5) is 0 Å². The second-order valence-corrected chi connectivity index (χ2v) is 6.51. The third kappa shape index (κ3) is 2.23. The molecule has 0 radical (unpaired) electrons. The van der Waals surface area contributed by atoms with Gasteiger partial charge in [-0.25, -0.2) is 5.43 Å². The molecule has 2 aromatic rings. The molecule has 7 heteroatoms. The molecule has 0 aliphatic carbocycles. The number of thiophene rings is 1. The Hall–Kier alpha value is -0.210. The second-order valence-electron chi connectivity index (χ2n) is 3.25. The maximum absolute atomic E-state index is 5.61. The van der Waals surface area contributed by atoms with E-state index in [1.54, 1.807) is 17.5 Å². The van der Waals surface area contributed by atoms with E-state index in [0.29, 0.717) is 0 Å². The highest BCUT2D eigenvalue weighted by Crippen LogP contribution is 2.37. The minimum absolute atomic E-state index is 0.0416. The van der Waals surface area contributed by atoms with Crippen molar-refractivity contribution >= 4 is 43.2 Å². The smallest absolute Gasteiger partial charge is 0.0970 e. The molecule has 2 rings (SSSR count). The summed E-state index contributed by atoms with van der Waals surface area (Å²) < 4.78 is 3.91. The maximum Gasteiger partial charge on any atom is 0.0970 e. The standard InChI is InChI=1S/C9H10Br2N4S/c1-15-6(2-3-13-15)8(14-12)7-4-5(10)9(11)16-7/h2-4,8,14H,12H2,1H3. The molecule has 0 aliphatic heterocycles. The molecule has 0 amide bonds. The van der Waals surface area contributed by atoms with Gasteiger partial charge in [0.05, 0.1) is 15.5 Å². The summed E-state index contributed by atoms with van der Waals surface area (Å²) in [6, 6.07) is 3.96. The van der Waals surface area contributed by atoms with Crippen LogP contribution in [-0.4, -0.2) is 9.78 Å². The average molecular weight is 366 g/mol. The summed E-state index contributed by atoms with van der Waals surface area (Å²) in [4.78, 5) is 1.13. The van der Waals surface area contributed by atoms with Crippen molar-refractivity contribution in [2.75, 3.05) is 0 Å². The van der Waals surface area contributed by atoms with Crippen molar-refractivity contribution in [1.29, 1.82) is 0 Å². The van der Waals surface area contributed by atoms with E-state index in [1.807, 2.05) is 23.9 Å². The van der Waals surface area contributed by atoms with Crippen LogP contribution in [0, 0.1) is 0 Å². The molecular weight excluding hydrogens is 356 g/mol. The number of hydrogen-bond acceptors (Lipinski definition) is 4. The average Bonchev–Trinajstić information content (AvgIpc) is 2.78. The lowest BCUT2D eigenvalue weighted by atomic mass is 10.2. The molecule has 2 aromatic heterocycles. The van der Waals surface area contributed by atoms with Gasteiger partial charge in [0.2, 0.25) is 0 Å². The number of aryl methyl sites for hydroxylation is 1. The molecule has 4 nitrogen and oxygen atoms in total. The van der Waals surface area contributed by atoms with Gasteiger partial charge in [-0.05, 0) is 44.0 Å². The Bertz CT molecular complexity index is 474. The maximum atomic E-state index is 5.61. The molecule has 3 N–H and O–H groups in total. The monoisotopic (exact) mass is 364 g/mol. The molecule has 0 spiro atoms. The van der Waals surface area contributed by atoms with Gasteiger partial charge in [-0.1, -0.05) is 0 Å². The fourth-order valence-electron chi connectivity index (χ4n) is 1.49. The molecule has 0 aliphatic rings. The highest BCUT2D eigenvalue weighted by molar-refractivity contribution is 9.13. The molecule has 0 bridgehead atoms. The lowest BCUT2D eigenvalue weighted by molar-refractivity contribution is 0.582. The number of halogens is 2. The van der Waals surface area contributed by atoms with Crippen molar-refractivity contribution in [3.8, 4) is 0 Å². The number of nitrogens with one attached hydrogen (secondary N) is 1. The highest BCUT2D eigenvalue weighted by atomic mass is 79.9. The SMILES string of the molecule is Cn1nccc1C(NN)c1cc(Br)c(Br)s1. The second kappa shape index (κ2) is 4.97. The van der Waals surface area contributed by atoms with Crippen LogP contribution in [-0.2, 0) is 7.05 Å². The highest BCUT2D eigenvalue weighted by Gasteiger charge is 2.19. The summed E-state index contributed by atoms with van der Waals surface area (Å²) in [5, 5.41) is 4.14. The number of hydrogen-bond donors (Lipinski definition) is 2. The fraction of sp³-hybridized carbons (Fsp3) is 0.222. The lowest BCUT2D eigenvalue weighted by Gasteiger charge is -2.14. The molecule has 0 saturated heterocycles. The molecule has 1 atom stereocenters. The van der Waals surface area contributed by atoms with Gasteiger partial charge in [0.1, 0.15) is 0 Å². The predicted molar refractivity (Wildman–Crippen MR) is 72.1 cm³/mol. The first kappa shape index (κ1) is 12.3. The van der Waals surface area contributed by atoms with E-state index in [1.165, 1.54) is 0 Å². The van der Waals surface area contributed by atoms with Gasteiger partial charge in [-0.2, -0.15) is 5.10 Å². The zero-order chi connectivity index (χ0) is 11.7. The van der Waals surface area contributed by atoms with Gasteiger partial charge in [-0.15, -0.1) is 11.3 Å². The Kier molecular flexibility index (Phi) is 3.81. The van der Waals surface area contributed by atoms with Crippen molar-refractivity contribution in [1.82, 2.24) is 15.2 Å². The first-order valence-corrected chi connectivity index (χ1v) is 6.92. The normalized spacial score (nSPS) is 13.0. The lowest BCUT2D eigenvalue weighted by Crippen LogP contribution is -2.29. The van der Waals surface area contributed by atoms with Gasteiger partial charge in [0, 0.05) is 22.6 Å². The Labute approximate surface area is 114 Å². The first-order chi connectivity index (χ1) is 7.63. The molecule has 2 heterocycles. The molecule has 0 saturated carbocycles. The van der Waals surface area contributed by atoms with Crippen molar-refractivity contribution in [3.05, 3.63) is 37.2 Å². The molecule has 0 aromatic carbocycles. The summed E-state index contributed by atoms with van der Waals surface area (Å²) >= 11 is 8.58. The van der Waals surface area contributed by atoms with E-state index in [0.717, 1.165) is 18.8 Å². The quantitative estimate of drug-likeness (QED) is 0.649. The zero-order valence-corrected chi connectivity index (χ0v) is 12.4. The van der Waals surface area contributed by atoms with Crippen molar-refractivity contribution < 1.29 is 0 Å². The topological polar surface area (TPSA) is 55.9 Å². The van der Waals surface area contributed by atoms with Crippen LogP contribution in [0.1, 0.15) is 16.6 Å². The van der Waals surface area contributed by atoms with Gasteiger partial charge in [0.15, 0.2) is 0 Å². The third-order valence-corrected chi connectivity index (χ3v) is 5.59. The largest absolute Gasteiger partial charge is 0.271 e. The van der Waals surface area contributed by atoms with Crippen LogP contribution < -0.4 is 11.3 Å². The third-order valence-electron chi connectivity index (χ3n) is 2.27. The molecule has 0 fully saturated rings. The van der Waals surface area contributed by atoms with Gasteiger partial charge in [-0.3, -0.25) is 10.5 Å². The van der Waals surface area contributed by atoms with E-state index in [9.17, 15) is 0 Å². The Balaban J connectivity index is 2.40. The summed E-state index contributed by atoms with van der Waals surface area (Å²) in [5.74, 6) is 5.61. The summed E-state index contributed by atoms with van der Waals surface area (Å²) in [7, 11) is 1.90. The predicted octanol–water partition coefficient (Wildman–Crippen LogP) is 2.56. The minimum Gasteiger partial charge on any atom is -0.271 e. The Morgan fingerprint density at radius 2 is 2.31 bits per heavy atom. The summed E-state index contributed by atoms with van der Waals surface area (Å²) in [6.07, 6.45) is 1.76. The first-order valence-electron chi connectivity index (χ1n) is 4.52. The number of rotatable bonds is 3. The van der Waals surface area contributed by atoms with E-state index in [4.69, 9.17) is 5.84 Å². The van der Waals surface area contributed by atoms with E-state index < -0.39 is 0 Å². The van der Waals surface area contributed by atoms with Crippen LogP contribution in [0.2, 0.25) is 0 Å². The zero-order valence-electron chi connectivity index (χ0n) is 8.45.